The van der Waals surface area contributed by atoms with Crippen LogP contribution in [0.4, 0.5) is 14.6 Å². The fourth-order valence-corrected chi connectivity index (χ4v) is 7.26. The highest BCUT2D eigenvalue weighted by atomic mass is 19.1. The summed E-state index contributed by atoms with van der Waals surface area (Å²) in [7, 11) is 1.89. The van der Waals surface area contributed by atoms with E-state index in [9.17, 15) is 13.6 Å². The van der Waals surface area contributed by atoms with E-state index in [0.29, 0.717) is 37.8 Å². The van der Waals surface area contributed by atoms with Crippen LogP contribution in [0.1, 0.15) is 29.9 Å². The van der Waals surface area contributed by atoms with Crippen LogP contribution in [-0.4, -0.2) is 90.3 Å². The Morgan fingerprint density at radius 3 is 2.79 bits per heavy atom. The maximum Gasteiger partial charge on any atom is 0.319 e. The van der Waals surface area contributed by atoms with E-state index < -0.39 is 23.9 Å². The molecular formula is C33H34F2N6O2. The van der Waals surface area contributed by atoms with Crippen molar-refractivity contribution in [2.24, 2.45) is 5.92 Å². The number of aromatic nitrogens is 2. The summed E-state index contributed by atoms with van der Waals surface area (Å²) in [6.07, 6.45) is 1.92. The molecule has 0 bridgehead atoms. The number of carbonyl (C=O) groups excluding carboxylic acids is 1. The van der Waals surface area contributed by atoms with Gasteiger partial charge in [-0.15, -0.1) is 0 Å². The summed E-state index contributed by atoms with van der Waals surface area (Å²) in [5, 5.41) is 0.825. The van der Waals surface area contributed by atoms with Crippen molar-refractivity contribution in [2.45, 2.75) is 43.4 Å². The molecule has 8 nitrogen and oxygen atoms in total. The molecule has 2 aromatic carbocycles. The Kier molecular flexibility index (Phi) is 7.01. The minimum atomic E-state index is -1.03. The number of anilines is 1. The van der Waals surface area contributed by atoms with E-state index in [4.69, 9.17) is 21.3 Å². The molecule has 3 fully saturated rings. The molecule has 222 valence electrons. The van der Waals surface area contributed by atoms with Crippen LogP contribution in [0.3, 0.4) is 0 Å². The van der Waals surface area contributed by atoms with Gasteiger partial charge in [-0.1, -0.05) is 30.8 Å². The van der Waals surface area contributed by atoms with Crippen LogP contribution < -0.4 is 9.64 Å². The number of ether oxygens (including phenoxy) is 1. The predicted molar refractivity (Wildman–Crippen MR) is 160 cm³/mol. The topological polar surface area (TPSA) is 66.2 Å². The SMILES string of the molecule is [C-]#[N+]C[C@H]1CN(c2nc(OC[C@@H]3C[C@@H](F)CN3C)nc3cc(-c4cccc5c4C4CC4C5)ccc23)CCN1C(=O)C(=C)F. The first-order valence-corrected chi connectivity index (χ1v) is 14.9. The molecule has 2 aliphatic carbocycles. The number of halogens is 2. The zero-order chi connectivity index (χ0) is 29.8. The average Bonchev–Trinajstić information content (AvgIpc) is 3.54. The fourth-order valence-electron chi connectivity index (χ4n) is 7.26. The van der Waals surface area contributed by atoms with Crippen LogP contribution in [0.25, 0.3) is 26.9 Å². The Hall–Kier alpha value is -4.10. The number of fused-ring (bicyclic) bond motifs is 4. The molecule has 0 spiro atoms. The molecule has 3 aromatic rings. The van der Waals surface area contributed by atoms with E-state index in [-0.39, 0.29) is 31.7 Å². The standard InChI is InChI=1S/C33H34F2N6O2/c1-19(34)32(42)41-10-9-40(17-25(41)15-36-2)31-27-8-7-20(26-6-4-5-21-11-22-12-28(22)30(21)26)13-29(27)37-33(38-31)43-18-24-14-23(35)16-39(24)3/h4-8,13,22-25,28H,1,9-12,14-18H2,3H3/t22?,23-,24+,25+,28?/m1/s1. The summed E-state index contributed by atoms with van der Waals surface area (Å²) in [5.41, 5.74) is 5.95. The second-order valence-electron chi connectivity index (χ2n) is 12.3. The maximum absolute atomic E-state index is 14.0. The van der Waals surface area contributed by atoms with Crippen molar-refractivity contribution in [1.82, 2.24) is 19.8 Å². The Morgan fingerprint density at radius 1 is 1.16 bits per heavy atom. The van der Waals surface area contributed by atoms with Gasteiger partial charge in [0, 0.05) is 37.6 Å². The van der Waals surface area contributed by atoms with Gasteiger partial charge in [0.15, 0.2) is 5.83 Å². The molecule has 4 aliphatic rings. The second kappa shape index (κ2) is 10.9. The first kappa shape index (κ1) is 27.7. The lowest BCUT2D eigenvalue weighted by molar-refractivity contribution is -0.131. The highest BCUT2D eigenvalue weighted by Crippen LogP contribution is 2.58. The first-order chi connectivity index (χ1) is 20.8. The third kappa shape index (κ3) is 5.10. The highest BCUT2D eigenvalue weighted by molar-refractivity contribution is 5.94. The van der Waals surface area contributed by atoms with E-state index >= 15 is 0 Å². The van der Waals surface area contributed by atoms with Crippen molar-refractivity contribution >= 4 is 22.6 Å². The summed E-state index contributed by atoms with van der Waals surface area (Å²) in [5.74, 6) is 0.234. The van der Waals surface area contributed by atoms with Gasteiger partial charge < -0.3 is 19.4 Å². The summed E-state index contributed by atoms with van der Waals surface area (Å²) < 4.78 is 33.9. The van der Waals surface area contributed by atoms with Gasteiger partial charge in [-0.25, -0.2) is 15.4 Å². The number of likely N-dealkylation sites (N-methyl/N-ethyl adjacent to an activating group) is 1. The molecule has 1 saturated carbocycles. The third-order valence-electron chi connectivity index (χ3n) is 9.56. The number of hydrogen-bond acceptors (Lipinski definition) is 6. The number of carbonyl (C=O) groups is 1. The van der Waals surface area contributed by atoms with Crippen molar-refractivity contribution in [3.8, 4) is 17.1 Å². The van der Waals surface area contributed by atoms with Crippen LogP contribution in [0.5, 0.6) is 6.01 Å². The largest absolute Gasteiger partial charge is 0.462 e. The van der Waals surface area contributed by atoms with Gasteiger partial charge in [-0.2, -0.15) is 9.97 Å². The van der Waals surface area contributed by atoms with Crippen molar-refractivity contribution in [3.63, 3.8) is 0 Å². The van der Waals surface area contributed by atoms with Crippen molar-refractivity contribution < 1.29 is 18.3 Å². The molecule has 3 heterocycles. The Balaban J connectivity index is 1.25. The molecule has 1 amide bonds. The van der Waals surface area contributed by atoms with Crippen LogP contribution in [-0.2, 0) is 11.2 Å². The smallest absolute Gasteiger partial charge is 0.319 e. The predicted octanol–water partition coefficient (Wildman–Crippen LogP) is 4.80. The average molecular weight is 585 g/mol. The first-order valence-electron chi connectivity index (χ1n) is 14.9. The van der Waals surface area contributed by atoms with Crippen LogP contribution in [0, 0.1) is 12.5 Å². The van der Waals surface area contributed by atoms with Crippen LogP contribution in [0.2, 0.25) is 0 Å². The van der Waals surface area contributed by atoms with Gasteiger partial charge in [-0.3, -0.25) is 9.69 Å². The Morgan fingerprint density at radius 2 is 2.02 bits per heavy atom. The zero-order valence-corrected chi connectivity index (χ0v) is 24.2. The number of likely N-dealkylation sites (tertiary alicyclic amines) is 1. The molecule has 0 N–H and O–H groups in total. The van der Waals surface area contributed by atoms with E-state index in [2.05, 4.69) is 41.8 Å². The third-order valence-corrected chi connectivity index (χ3v) is 9.56. The van der Waals surface area contributed by atoms with Crippen LogP contribution >= 0.6 is 0 Å². The molecule has 1 aromatic heterocycles. The quantitative estimate of drug-likeness (QED) is 0.294. The summed E-state index contributed by atoms with van der Waals surface area (Å²) in [4.78, 5) is 31.0. The van der Waals surface area contributed by atoms with Crippen molar-refractivity contribution in [3.05, 3.63) is 71.3 Å². The molecule has 2 aliphatic heterocycles. The number of rotatable bonds is 7. The molecule has 5 atom stereocenters. The fraction of sp³-hybridized carbons (Fsp3) is 0.455. The molecule has 7 rings (SSSR count). The molecule has 43 heavy (non-hydrogen) atoms. The molecule has 2 unspecified atom stereocenters. The van der Waals surface area contributed by atoms with E-state index in [1.807, 2.05) is 22.9 Å². The lowest BCUT2D eigenvalue weighted by Gasteiger charge is -2.39. The number of hydrogen-bond donors (Lipinski definition) is 0. The number of amides is 1. The Bertz CT molecular complexity index is 1660. The van der Waals surface area contributed by atoms with Gasteiger partial charge in [0.2, 0.25) is 6.54 Å². The highest BCUT2D eigenvalue weighted by Gasteiger charge is 2.46. The van der Waals surface area contributed by atoms with Gasteiger partial charge in [0.1, 0.15) is 24.6 Å². The lowest BCUT2D eigenvalue weighted by Crippen LogP contribution is -2.56. The molecule has 0 radical (unpaired) electrons. The van der Waals surface area contributed by atoms with Crippen LogP contribution in [0.15, 0.2) is 48.8 Å². The summed E-state index contributed by atoms with van der Waals surface area (Å²) in [6, 6.07) is 12.4. The monoisotopic (exact) mass is 584 g/mol. The number of benzene rings is 2. The molecule has 2 saturated heterocycles. The number of nitrogens with zero attached hydrogens (tertiary/aromatic N) is 6. The van der Waals surface area contributed by atoms with Gasteiger partial charge in [-0.05, 0) is 72.5 Å². The minimum Gasteiger partial charge on any atom is -0.462 e. The van der Waals surface area contributed by atoms with Gasteiger partial charge >= 0.3 is 6.01 Å². The normalized spacial score (nSPS) is 26.2. The van der Waals surface area contributed by atoms with Crippen molar-refractivity contribution in [1.29, 1.82) is 0 Å². The minimum absolute atomic E-state index is 0.0335. The second-order valence-corrected chi connectivity index (χ2v) is 12.3. The van der Waals surface area contributed by atoms with E-state index in [1.165, 1.54) is 28.0 Å². The van der Waals surface area contributed by atoms with E-state index in [1.54, 1.807) is 0 Å². The number of piperazine rings is 1. The summed E-state index contributed by atoms with van der Waals surface area (Å²) >= 11 is 0. The lowest BCUT2D eigenvalue weighted by atomic mass is 9.94. The number of alkyl halides is 1. The zero-order valence-electron chi connectivity index (χ0n) is 24.2. The molecular weight excluding hydrogens is 550 g/mol. The summed E-state index contributed by atoms with van der Waals surface area (Å²) in [6.45, 7) is 12.2. The van der Waals surface area contributed by atoms with Gasteiger partial charge in [0.25, 0.3) is 5.91 Å². The maximum atomic E-state index is 14.0. The van der Waals surface area contributed by atoms with Crippen molar-refractivity contribution in [2.75, 3.05) is 51.3 Å². The Labute approximate surface area is 249 Å². The van der Waals surface area contributed by atoms with Gasteiger partial charge in [0.05, 0.1) is 5.52 Å². The molecule has 10 heteroatoms. The van der Waals surface area contributed by atoms with E-state index in [0.717, 1.165) is 28.8 Å².